The van der Waals surface area contributed by atoms with Crippen molar-refractivity contribution in [3.8, 4) is 11.1 Å². The summed E-state index contributed by atoms with van der Waals surface area (Å²) in [5.74, 6) is 0.356. The van der Waals surface area contributed by atoms with Crippen molar-refractivity contribution in [3.05, 3.63) is 118 Å². The van der Waals surface area contributed by atoms with Crippen LogP contribution in [-0.4, -0.2) is 58.5 Å². The topological polar surface area (TPSA) is 39.2 Å². The third kappa shape index (κ3) is 9.06. The van der Waals surface area contributed by atoms with Gasteiger partial charge in [0.25, 0.3) is 0 Å². The first-order valence-corrected chi connectivity index (χ1v) is 18.6. The van der Waals surface area contributed by atoms with Gasteiger partial charge >= 0.3 is 6.18 Å². The molecule has 1 amide bonds. The first-order valence-electron chi connectivity index (χ1n) is 17.6. The second kappa shape index (κ2) is 16.4. The molecule has 0 spiro atoms. The maximum absolute atomic E-state index is 14.3. The number of carbonyl (C=O) groups excluding carboxylic acids is 1. The van der Waals surface area contributed by atoms with Gasteiger partial charge in [-0.3, -0.25) is 4.79 Å². The van der Waals surface area contributed by atoms with Crippen LogP contribution in [0.2, 0.25) is 0 Å². The molecule has 1 aliphatic carbocycles. The number of amidine groups is 1. The van der Waals surface area contributed by atoms with Gasteiger partial charge in [-0.15, -0.1) is 0 Å². The molecule has 50 heavy (non-hydrogen) atoms. The van der Waals surface area contributed by atoms with E-state index in [-0.39, 0.29) is 18.3 Å². The molecule has 3 aliphatic rings. The van der Waals surface area contributed by atoms with Crippen LogP contribution >= 0.6 is 11.8 Å². The summed E-state index contributed by atoms with van der Waals surface area (Å²) in [7, 11) is 0. The average molecular weight is 705 g/mol. The number of piperidine rings is 1. The highest BCUT2D eigenvalue weighted by Crippen LogP contribution is 2.40. The molecule has 0 N–H and O–H groups in total. The first-order chi connectivity index (χ1) is 24.2. The number of hydrogen-bond donors (Lipinski definition) is 0. The largest absolute Gasteiger partial charge is 0.416 e. The number of aliphatic imine (C=N–C) groups is 1. The lowest BCUT2D eigenvalue weighted by Gasteiger charge is -2.34. The van der Waals surface area contributed by atoms with Gasteiger partial charge in [-0.25, -0.2) is 9.38 Å². The van der Waals surface area contributed by atoms with Gasteiger partial charge in [0.1, 0.15) is 12.4 Å². The molecule has 0 aromatic heterocycles. The first kappa shape index (κ1) is 35.9. The molecule has 1 saturated heterocycles. The van der Waals surface area contributed by atoms with Crippen LogP contribution in [0.25, 0.3) is 11.1 Å². The highest BCUT2D eigenvalue weighted by molar-refractivity contribution is 8.13. The predicted octanol–water partition coefficient (Wildman–Crippen LogP) is 9.66. The highest BCUT2D eigenvalue weighted by Gasteiger charge is 2.33. The summed E-state index contributed by atoms with van der Waals surface area (Å²) in [6, 6.07) is 19.4. The van der Waals surface area contributed by atoms with Crippen molar-refractivity contribution < 1.29 is 22.4 Å². The number of amides is 1. The zero-order chi connectivity index (χ0) is 35.1. The van der Waals surface area contributed by atoms with Crippen molar-refractivity contribution in [1.29, 1.82) is 0 Å². The smallest absolute Gasteiger partial charge is 0.337 e. The van der Waals surface area contributed by atoms with E-state index in [0.29, 0.717) is 24.4 Å². The maximum atomic E-state index is 14.3. The van der Waals surface area contributed by atoms with Crippen molar-refractivity contribution in [3.63, 3.8) is 0 Å². The van der Waals surface area contributed by atoms with E-state index >= 15 is 0 Å². The third-order valence-corrected chi connectivity index (χ3v) is 10.7. The second-order valence-electron chi connectivity index (χ2n) is 13.2. The van der Waals surface area contributed by atoms with Crippen LogP contribution in [0, 0.1) is 5.82 Å². The lowest BCUT2D eigenvalue weighted by molar-refractivity contribution is -0.137. The van der Waals surface area contributed by atoms with Crippen molar-refractivity contribution >= 4 is 22.8 Å². The number of thioether (sulfide) groups is 1. The number of hydrogen-bond acceptors (Lipinski definition) is 5. The normalized spacial score (nSPS) is 17.7. The lowest BCUT2D eigenvalue weighted by Crippen LogP contribution is -2.43. The number of likely N-dealkylation sites (tertiary alicyclic amines) is 1. The summed E-state index contributed by atoms with van der Waals surface area (Å²) in [6.07, 6.45) is 5.07. The summed E-state index contributed by atoms with van der Waals surface area (Å²) in [5, 5.41) is 0.783. The van der Waals surface area contributed by atoms with E-state index in [9.17, 15) is 22.4 Å². The molecule has 2 heterocycles. The molecule has 0 radical (unpaired) electrons. The number of carbonyl (C=O) groups is 1. The van der Waals surface area contributed by atoms with Crippen molar-refractivity contribution in [2.24, 2.45) is 4.99 Å². The predicted molar refractivity (Wildman–Crippen MR) is 194 cm³/mol. The van der Waals surface area contributed by atoms with E-state index in [0.717, 1.165) is 90.7 Å². The summed E-state index contributed by atoms with van der Waals surface area (Å²) >= 11 is 1.57. The molecule has 0 saturated carbocycles. The van der Waals surface area contributed by atoms with E-state index in [2.05, 4.69) is 9.80 Å². The number of alkyl halides is 3. The van der Waals surface area contributed by atoms with Gasteiger partial charge in [0, 0.05) is 24.5 Å². The zero-order valence-electron chi connectivity index (χ0n) is 28.5. The molecule has 0 bridgehead atoms. The molecule has 264 valence electrons. The van der Waals surface area contributed by atoms with Crippen LogP contribution in [-0.2, 0) is 23.3 Å². The van der Waals surface area contributed by atoms with Gasteiger partial charge in [0.2, 0.25) is 5.91 Å². The Kier molecular flexibility index (Phi) is 11.8. The molecular weight excluding hydrogens is 661 g/mol. The molecule has 3 aromatic carbocycles. The summed E-state index contributed by atoms with van der Waals surface area (Å²) in [5.41, 5.74) is 6.14. The number of allylic oxidation sites excluding steroid dienone is 3. The van der Waals surface area contributed by atoms with Crippen LogP contribution in [0.15, 0.2) is 101 Å². The van der Waals surface area contributed by atoms with E-state index in [1.54, 1.807) is 23.9 Å². The quantitative estimate of drug-likeness (QED) is 0.187. The molecule has 3 aromatic rings. The standard InChI is InChI=1S/C40H44F4N4OS/c1-2-36-35-8-6-9-37(35)48(39(45-36)50-28-30-12-20-34(41)21-13-30)27-38(49)47(25-7-24-46-22-4-3-5-23-46)26-29-10-14-31(15-11-29)32-16-18-33(19-17-32)40(42,43)44/h2,10-21H,3-9,22-28H2,1H3/b36-2-. The summed E-state index contributed by atoms with van der Waals surface area (Å²) in [6.45, 7) is 6.37. The van der Waals surface area contributed by atoms with E-state index < -0.39 is 11.7 Å². The van der Waals surface area contributed by atoms with Gasteiger partial charge < -0.3 is 14.7 Å². The Labute approximate surface area is 296 Å². The van der Waals surface area contributed by atoms with Crippen LogP contribution in [0.5, 0.6) is 0 Å². The van der Waals surface area contributed by atoms with E-state index in [1.807, 2.05) is 42.2 Å². The lowest BCUT2D eigenvalue weighted by atomic mass is 10.0. The molecular formula is C40H44F4N4OS. The minimum atomic E-state index is -4.38. The molecule has 2 aliphatic heterocycles. The monoisotopic (exact) mass is 704 g/mol. The van der Waals surface area contributed by atoms with Gasteiger partial charge in [-0.1, -0.05) is 72.8 Å². The zero-order valence-corrected chi connectivity index (χ0v) is 29.3. The Bertz CT molecular complexity index is 1710. The Morgan fingerprint density at radius 3 is 2.20 bits per heavy atom. The Morgan fingerprint density at radius 2 is 1.54 bits per heavy atom. The fourth-order valence-electron chi connectivity index (χ4n) is 6.96. The summed E-state index contributed by atoms with van der Waals surface area (Å²) in [4.78, 5) is 25.9. The molecule has 0 atom stereocenters. The van der Waals surface area contributed by atoms with E-state index in [1.165, 1.54) is 49.1 Å². The van der Waals surface area contributed by atoms with Gasteiger partial charge in [-0.2, -0.15) is 13.2 Å². The maximum Gasteiger partial charge on any atom is 0.416 e. The van der Waals surface area contributed by atoms with Crippen molar-refractivity contribution in [1.82, 2.24) is 14.7 Å². The van der Waals surface area contributed by atoms with Crippen LogP contribution in [0.3, 0.4) is 0 Å². The number of nitrogens with zero attached hydrogens (tertiary/aromatic N) is 4. The molecule has 6 rings (SSSR count). The Hall–Kier alpha value is -3.89. The van der Waals surface area contributed by atoms with Crippen molar-refractivity contribution in [2.75, 3.05) is 32.7 Å². The molecule has 5 nitrogen and oxygen atoms in total. The number of benzene rings is 3. The Morgan fingerprint density at radius 1 is 0.880 bits per heavy atom. The number of halogens is 4. The minimum Gasteiger partial charge on any atom is -0.337 e. The third-order valence-electron chi connectivity index (χ3n) is 9.70. The fraction of sp³-hybridized carbons (Fsp3) is 0.400. The summed E-state index contributed by atoms with van der Waals surface area (Å²) < 4.78 is 52.8. The van der Waals surface area contributed by atoms with Crippen LogP contribution in [0.1, 0.15) is 68.6 Å². The van der Waals surface area contributed by atoms with Crippen molar-refractivity contribution in [2.45, 2.75) is 70.3 Å². The highest BCUT2D eigenvalue weighted by atomic mass is 32.2. The van der Waals surface area contributed by atoms with Crippen LogP contribution in [0.4, 0.5) is 17.6 Å². The van der Waals surface area contributed by atoms with Crippen LogP contribution < -0.4 is 0 Å². The molecule has 0 unspecified atom stereocenters. The molecule has 1 fully saturated rings. The van der Waals surface area contributed by atoms with Gasteiger partial charge in [0.05, 0.1) is 11.3 Å². The van der Waals surface area contributed by atoms with E-state index in [4.69, 9.17) is 4.99 Å². The fourth-order valence-corrected chi connectivity index (χ4v) is 7.94. The SMILES string of the molecule is C/C=C1\N=C(SCc2ccc(F)cc2)N(CC(=O)N(CCCN2CCCCC2)Cc2ccc(-c3ccc(C(F)(F)F)cc3)cc2)C2=C1CCC2. The second-order valence-corrected chi connectivity index (χ2v) is 14.1. The van der Waals surface area contributed by atoms with Gasteiger partial charge in [-0.05, 0) is 117 Å². The minimum absolute atomic E-state index is 0.0215. The average Bonchev–Trinajstić information content (AvgIpc) is 3.62. The van der Waals surface area contributed by atoms with Gasteiger partial charge in [0.15, 0.2) is 5.17 Å². The Balaban J connectivity index is 1.19. The molecule has 10 heteroatoms. The number of rotatable bonds is 11.